The van der Waals surface area contributed by atoms with Crippen LogP contribution in [-0.4, -0.2) is 45.5 Å². The van der Waals surface area contributed by atoms with Crippen LogP contribution < -0.4 is 9.46 Å². The van der Waals surface area contributed by atoms with Gasteiger partial charge in [-0.1, -0.05) is 12.1 Å². The molecule has 2 aromatic carbocycles. The van der Waals surface area contributed by atoms with E-state index < -0.39 is 28.5 Å². The topological polar surface area (TPSA) is 139 Å². The first kappa shape index (κ1) is 25.3. The molecule has 11 heteroatoms. The van der Waals surface area contributed by atoms with Crippen LogP contribution in [0.1, 0.15) is 22.5 Å². The Labute approximate surface area is 202 Å². The molecule has 0 fully saturated rings. The van der Waals surface area contributed by atoms with E-state index in [4.69, 9.17) is 19.2 Å². The summed E-state index contributed by atoms with van der Waals surface area (Å²) in [5, 5.41) is 8.86. The van der Waals surface area contributed by atoms with Crippen molar-refractivity contribution in [1.29, 1.82) is 5.26 Å². The summed E-state index contributed by atoms with van der Waals surface area (Å²) in [5.41, 5.74) is -0.0651. The number of methoxy groups -OCH3 is 1. The lowest BCUT2D eigenvalue weighted by Gasteiger charge is -2.20. The highest BCUT2D eigenvalue weighted by Crippen LogP contribution is 2.22. The van der Waals surface area contributed by atoms with Gasteiger partial charge in [-0.05, 0) is 48.5 Å². The van der Waals surface area contributed by atoms with Crippen LogP contribution in [0.3, 0.4) is 0 Å². The number of carbonyl (C=O) groups excluding carboxylic acids is 2. The average molecular weight is 498 g/mol. The lowest BCUT2D eigenvalue weighted by atomic mass is 10.2. The summed E-state index contributed by atoms with van der Waals surface area (Å²) in [5.74, 6) is -0.403. The summed E-state index contributed by atoms with van der Waals surface area (Å²) in [6.07, 6.45) is 1.56. The van der Waals surface area contributed by atoms with Crippen molar-refractivity contribution in [1.82, 2.24) is 4.90 Å². The number of ether oxygens (including phenoxy) is 2. The molecule has 1 aromatic heterocycles. The molecule has 0 unspecified atom stereocenters. The molecule has 0 spiro atoms. The smallest absolute Gasteiger partial charge is 0.340 e. The minimum atomic E-state index is -4.01. The van der Waals surface area contributed by atoms with Crippen LogP contribution >= 0.6 is 0 Å². The predicted molar refractivity (Wildman–Crippen MR) is 125 cm³/mol. The zero-order chi connectivity index (χ0) is 25.3. The molecule has 3 rings (SSSR count). The van der Waals surface area contributed by atoms with Gasteiger partial charge >= 0.3 is 5.97 Å². The summed E-state index contributed by atoms with van der Waals surface area (Å²) in [4.78, 5) is 26.7. The zero-order valence-electron chi connectivity index (χ0n) is 18.8. The number of sulfonamides is 1. The van der Waals surface area contributed by atoms with Gasteiger partial charge in [-0.15, -0.1) is 0 Å². The highest BCUT2D eigenvalue weighted by atomic mass is 32.2. The van der Waals surface area contributed by atoms with Crippen LogP contribution in [0.4, 0.5) is 5.69 Å². The van der Waals surface area contributed by atoms with E-state index in [1.54, 1.807) is 24.3 Å². The Morgan fingerprint density at radius 1 is 1.09 bits per heavy atom. The second-order valence-corrected chi connectivity index (χ2v) is 8.89. The number of benzene rings is 2. The lowest BCUT2D eigenvalue weighted by Crippen LogP contribution is -2.35. The number of carbonyl (C=O) groups is 2. The van der Waals surface area contributed by atoms with Gasteiger partial charge in [-0.25, -0.2) is 13.2 Å². The fourth-order valence-corrected chi connectivity index (χ4v) is 4.15. The van der Waals surface area contributed by atoms with E-state index in [9.17, 15) is 18.0 Å². The van der Waals surface area contributed by atoms with E-state index in [0.29, 0.717) is 11.5 Å². The zero-order valence-corrected chi connectivity index (χ0v) is 19.7. The van der Waals surface area contributed by atoms with Gasteiger partial charge in [0.2, 0.25) is 0 Å². The minimum absolute atomic E-state index is 0.00214. The van der Waals surface area contributed by atoms with Crippen molar-refractivity contribution in [2.45, 2.75) is 17.9 Å². The Morgan fingerprint density at radius 2 is 1.83 bits per heavy atom. The van der Waals surface area contributed by atoms with E-state index >= 15 is 0 Å². The number of hydrogen-bond acceptors (Lipinski definition) is 8. The monoisotopic (exact) mass is 497 g/mol. The molecule has 0 atom stereocenters. The van der Waals surface area contributed by atoms with Gasteiger partial charge in [0.1, 0.15) is 11.5 Å². The molecule has 1 N–H and O–H groups in total. The van der Waals surface area contributed by atoms with E-state index in [1.165, 1.54) is 54.7 Å². The molecule has 35 heavy (non-hydrogen) atoms. The minimum Gasteiger partial charge on any atom is -0.497 e. The molecule has 0 aliphatic carbocycles. The number of rotatable bonds is 11. The standard InChI is InChI=1S/C24H23N3O7S/c1-32-18-9-11-20(12-10-18)35(30,31)26-22-8-3-2-7-21(22)24(29)34-17-23(28)27(14-5-13-25)16-19-6-4-15-33-19/h2-4,6-12,15,26H,5,14,16-17H2,1H3. The number of furan rings is 1. The van der Waals surface area contributed by atoms with Gasteiger partial charge in [0, 0.05) is 6.54 Å². The van der Waals surface area contributed by atoms with E-state index in [1.807, 2.05) is 6.07 Å². The first-order valence-corrected chi connectivity index (χ1v) is 11.9. The quantitative estimate of drug-likeness (QED) is 0.399. The largest absolute Gasteiger partial charge is 0.497 e. The maximum Gasteiger partial charge on any atom is 0.340 e. The molecule has 0 bridgehead atoms. The van der Waals surface area contributed by atoms with Crippen molar-refractivity contribution >= 4 is 27.6 Å². The van der Waals surface area contributed by atoms with Gasteiger partial charge < -0.3 is 18.8 Å². The summed E-state index contributed by atoms with van der Waals surface area (Å²) >= 11 is 0. The highest BCUT2D eigenvalue weighted by molar-refractivity contribution is 7.92. The van der Waals surface area contributed by atoms with Gasteiger partial charge in [0.05, 0.1) is 48.6 Å². The molecule has 1 amide bonds. The number of anilines is 1. The number of esters is 1. The Balaban J connectivity index is 1.69. The van der Waals surface area contributed by atoms with Gasteiger partial charge in [-0.3, -0.25) is 9.52 Å². The summed E-state index contributed by atoms with van der Waals surface area (Å²) in [6.45, 7) is -0.348. The number of amides is 1. The summed E-state index contributed by atoms with van der Waals surface area (Å²) in [7, 11) is -2.54. The lowest BCUT2D eigenvalue weighted by molar-refractivity contribution is -0.135. The number of hydrogen-bond donors (Lipinski definition) is 1. The second-order valence-electron chi connectivity index (χ2n) is 7.21. The van der Waals surface area contributed by atoms with Crippen LogP contribution in [0.25, 0.3) is 0 Å². The van der Waals surface area contributed by atoms with Crippen LogP contribution in [0.2, 0.25) is 0 Å². The fourth-order valence-electron chi connectivity index (χ4n) is 3.07. The van der Waals surface area contributed by atoms with Crippen LogP contribution in [0, 0.1) is 11.3 Å². The van der Waals surface area contributed by atoms with Crippen LogP contribution in [-0.2, 0) is 26.1 Å². The van der Waals surface area contributed by atoms with E-state index in [2.05, 4.69) is 4.72 Å². The van der Waals surface area contributed by atoms with Crippen LogP contribution in [0.5, 0.6) is 5.75 Å². The molecule has 0 aliphatic rings. The third-order valence-electron chi connectivity index (χ3n) is 4.86. The highest BCUT2D eigenvalue weighted by Gasteiger charge is 2.22. The molecule has 3 aromatic rings. The van der Waals surface area contributed by atoms with Crippen molar-refractivity contribution in [3.05, 3.63) is 78.3 Å². The Morgan fingerprint density at radius 3 is 2.49 bits per heavy atom. The summed E-state index contributed by atoms with van der Waals surface area (Å²) < 4.78 is 43.4. The number of nitrogens with one attached hydrogen (secondary N) is 1. The van der Waals surface area contributed by atoms with Crippen molar-refractivity contribution in [2.75, 3.05) is 25.0 Å². The van der Waals surface area contributed by atoms with Gasteiger partial charge in [0.25, 0.3) is 15.9 Å². The SMILES string of the molecule is COc1ccc(S(=O)(=O)Nc2ccccc2C(=O)OCC(=O)N(CCC#N)Cc2ccco2)cc1. The summed E-state index contributed by atoms with van der Waals surface area (Å²) in [6, 6.07) is 17.0. The maximum absolute atomic E-state index is 12.8. The Bertz CT molecular complexity index is 1300. The molecular weight excluding hydrogens is 474 g/mol. The third-order valence-corrected chi connectivity index (χ3v) is 6.24. The van der Waals surface area contributed by atoms with Gasteiger partial charge in [0.15, 0.2) is 6.61 Å². The average Bonchev–Trinajstić information content (AvgIpc) is 3.38. The van der Waals surface area contributed by atoms with Gasteiger partial charge in [-0.2, -0.15) is 5.26 Å². The first-order valence-electron chi connectivity index (χ1n) is 10.4. The molecule has 182 valence electrons. The third kappa shape index (κ3) is 6.84. The fraction of sp³-hybridized carbons (Fsp3) is 0.208. The molecule has 0 radical (unpaired) electrons. The van der Waals surface area contributed by atoms with Crippen molar-refractivity contribution in [3.63, 3.8) is 0 Å². The molecule has 10 nitrogen and oxygen atoms in total. The molecule has 1 heterocycles. The van der Waals surface area contributed by atoms with E-state index in [-0.39, 0.29) is 35.7 Å². The number of nitrogens with zero attached hydrogens (tertiary/aromatic N) is 2. The molecule has 0 saturated heterocycles. The Hall–Kier alpha value is -4.30. The maximum atomic E-state index is 12.8. The normalized spacial score (nSPS) is 10.7. The van der Waals surface area contributed by atoms with Crippen molar-refractivity contribution < 1.29 is 31.9 Å². The molecule has 0 aliphatic heterocycles. The number of nitriles is 1. The van der Waals surface area contributed by atoms with Crippen molar-refractivity contribution in [2.24, 2.45) is 0 Å². The first-order chi connectivity index (χ1) is 16.8. The second kappa shape index (κ2) is 11.7. The van der Waals surface area contributed by atoms with E-state index in [0.717, 1.165) is 0 Å². The molecule has 0 saturated carbocycles. The number of para-hydroxylation sites is 1. The predicted octanol–water partition coefficient (Wildman–Crippen LogP) is 3.19. The Kier molecular flexibility index (Phi) is 8.48. The van der Waals surface area contributed by atoms with Crippen LogP contribution in [0.15, 0.2) is 76.2 Å². The molecular formula is C24H23N3O7S. The van der Waals surface area contributed by atoms with Crippen molar-refractivity contribution in [3.8, 4) is 11.8 Å².